The third-order valence-electron chi connectivity index (χ3n) is 6.17. The van der Waals surface area contributed by atoms with Crippen LogP contribution in [0, 0.1) is 6.92 Å². The summed E-state index contributed by atoms with van der Waals surface area (Å²) in [5, 5.41) is 11.8. The number of aliphatic hydroxyl groups is 1. The lowest BCUT2D eigenvalue weighted by Crippen LogP contribution is -2.29. The Balaban J connectivity index is 1.95. The first kappa shape index (κ1) is 26.0. The normalized spacial score (nSPS) is 16.7. The van der Waals surface area contributed by atoms with Crippen LogP contribution in [0.4, 0.5) is 5.69 Å². The number of hydrogen-bond acceptors (Lipinski definition) is 6. The zero-order valence-corrected chi connectivity index (χ0v) is 21.6. The van der Waals surface area contributed by atoms with Gasteiger partial charge in [-0.15, -0.1) is 0 Å². The summed E-state index contributed by atoms with van der Waals surface area (Å²) in [6.07, 6.45) is 0.814. The quantitative estimate of drug-likeness (QED) is 0.146. The summed E-state index contributed by atoms with van der Waals surface area (Å²) in [4.78, 5) is 39.6. The molecular weight excluding hydrogens is 494 g/mol. The number of Topliss-reactive ketones (excluding diaryl/α,β-unsaturated/α-hetero) is 1. The van der Waals surface area contributed by atoms with E-state index in [0.717, 1.165) is 17.5 Å². The number of nitrogens with zero attached hydrogens (tertiary/aromatic N) is 1. The first-order valence-electron chi connectivity index (χ1n) is 11.7. The van der Waals surface area contributed by atoms with Crippen molar-refractivity contribution in [2.45, 2.75) is 33.2 Å². The fourth-order valence-electron chi connectivity index (χ4n) is 4.45. The molecule has 0 aliphatic carbocycles. The van der Waals surface area contributed by atoms with Gasteiger partial charge in [0.15, 0.2) is 0 Å². The van der Waals surface area contributed by atoms with Crippen LogP contribution in [0.25, 0.3) is 5.76 Å². The van der Waals surface area contributed by atoms with E-state index < -0.39 is 29.5 Å². The van der Waals surface area contributed by atoms with Crippen molar-refractivity contribution >= 4 is 40.7 Å². The molecule has 190 valence electrons. The molecule has 1 unspecified atom stereocenters. The van der Waals surface area contributed by atoms with Crippen molar-refractivity contribution in [2.24, 2.45) is 0 Å². The standard InChI is InChI=1S/C29H26ClNO6/c1-5-18-6-10-20(11-7-18)31-25(19-8-12-21(13-9-19)37-17(3)32)24(27(34)29(31)35)26(33)22-14-16(2)15-23(30)28(22)36-4/h6-15,25,33H,5H2,1-4H3/b26-24+. The summed E-state index contributed by atoms with van der Waals surface area (Å²) in [5.41, 5.74) is 2.94. The Labute approximate surface area is 219 Å². The highest BCUT2D eigenvalue weighted by Crippen LogP contribution is 2.44. The lowest BCUT2D eigenvalue weighted by Gasteiger charge is -2.26. The van der Waals surface area contributed by atoms with Crippen LogP contribution >= 0.6 is 11.6 Å². The Morgan fingerprint density at radius 3 is 2.27 bits per heavy atom. The van der Waals surface area contributed by atoms with Crippen LogP contribution in [-0.4, -0.2) is 29.9 Å². The number of hydrogen-bond donors (Lipinski definition) is 1. The van der Waals surface area contributed by atoms with E-state index in [-0.39, 0.29) is 21.9 Å². The Kier molecular flexibility index (Phi) is 7.36. The average molecular weight is 520 g/mol. The number of ether oxygens (including phenoxy) is 2. The van der Waals surface area contributed by atoms with E-state index in [4.69, 9.17) is 21.1 Å². The van der Waals surface area contributed by atoms with Crippen LogP contribution in [-0.2, 0) is 20.8 Å². The molecule has 1 atom stereocenters. The van der Waals surface area contributed by atoms with Crippen LogP contribution in [0.5, 0.6) is 11.5 Å². The summed E-state index contributed by atoms with van der Waals surface area (Å²) in [6.45, 7) is 5.11. The molecule has 0 bridgehead atoms. The summed E-state index contributed by atoms with van der Waals surface area (Å²) >= 11 is 6.35. The van der Waals surface area contributed by atoms with E-state index in [1.54, 1.807) is 55.5 Å². The summed E-state index contributed by atoms with van der Waals surface area (Å²) in [6, 6.07) is 16.1. The molecule has 1 aliphatic heterocycles. The minimum absolute atomic E-state index is 0.107. The first-order chi connectivity index (χ1) is 17.7. The molecule has 4 rings (SSSR count). The maximum Gasteiger partial charge on any atom is 0.308 e. The van der Waals surface area contributed by atoms with Crippen molar-refractivity contribution in [2.75, 3.05) is 12.0 Å². The molecule has 3 aromatic rings. The van der Waals surface area contributed by atoms with Crippen molar-refractivity contribution in [3.8, 4) is 11.5 Å². The second-order valence-electron chi connectivity index (χ2n) is 8.68. The Morgan fingerprint density at radius 2 is 1.70 bits per heavy atom. The second-order valence-corrected chi connectivity index (χ2v) is 9.09. The molecule has 1 amide bonds. The maximum absolute atomic E-state index is 13.4. The number of anilines is 1. The molecule has 3 aromatic carbocycles. The van der Waals surface area contributed by atoms with Crippen molar-refractivity contribution in [1.82, 2.24) is 0 Å². The average Bonchev–Trinajstić information content (AvgIpc) is 3.13. The summed E-state index contributed by atoms with van der Waals surface area (Å²) in [7, 11) is 1.41. The molecule has 0 radical (unpaired) electrons. The van der Waals surface area contributed by atoms with Crippen molar-refractivity contribution in [3.05, 3.63) is 93.5 Å². The number of benzene rings is 3. The fraction of sp³-hybridized carbons (Fsp3) is 0.207. The molecule has 0 aromatic heterocycles. The van der Waals surface area contributed by atoms with Crippen LogP contribution < -0.4 is 14.4 Å². The van der Waals surface area contributed by atoms with E-state index in [9.17, 15) is 19.5 Å². The third kappa shape index (κ3) is 4.95. The Hall–Kier alpha value is -4.10. The topological polar surface area (TPSA) is 93.1 Å². The van der Waals surface area contributed by atoms with Crippen molar-refractivity contribution in [3.63, 3.8) is 0 Å². The molecule has 1 heterocycles. The lowest BCUT2D eigenvalue weighted by atomic mass is 9.94. The van der Waals surface area contributed by atoms with Gasteiger partial charge in [0, 0.05) is 12.6 Å². The smallest absolute Gasteiger partial charge is 0.308 e. The van der Waals surface area contributed by atoms with Crippen LogP contribution in [0.3, 0.4) is 0 Å². The molecule has 0 saturated carbocycles. The highest BCUT2D eigenvalue weighted by atomic mass is 35.5. The number of ketones is 1. The van der Waals surface area contributed by atoms with E-state index in [1.807, 2.05) is 19.1 Å². The molecule has 7 nitrogen and oxygen atoms in total. The number of esters is 1. The molecule has 1 saturated heterocycles. The number of halogens is 1. The number of amides is 1. The number of aliphatic hydroxyl groups excluding tert-OH is 1. The Bertz CT molecular complexity index is 1410. The van der Waals surface area contributed by atoms with Crippen molar-refractivity contribution in [1.29, 1.82) is 0 Å². The fourth-order valence-corrected chi connectivity index (χ4v) is 4.80. The van der Waals surface area contributed by atoms with Gasteiger partial charge in [0.25, 0.3) is 11.7 Å². The van der Waals surface area contributed by atoms with E-state index in [1.165, 1.54) is 18.9 Å². The van der Waals surface area contributed by atoms with Crippen LogP contribution in [0.2, 0.25) is 5.02 Å². The molecule has 1 aliphatic rings. The third-order valence-corrected chi connectivity index (χ3v) is 6.45. The van der Waals surface area contributed by atoms with Crippen LogP contribution in [0.15, 0.2) is 66.2 Å². The number of aryl methyl sites for hydroxylation is 2. The molecule has 1 fully saturated rings. The minimum atomic E-state index is -0.956. The van der Waals surface area contributed by atoms with Gasteiger partial charge in [-0.25, -0.2) is 0 Å². The van der Waals surface area contributed by atoms with Gasteiger partial charge in [-0.3, -0.25) is 19.3 Å². The van der Waals surface area contributed by atoms with Crippen molar-refractivity contribution < 1.29 is 29.0 Å². The summed E-state index contributed by atoms with van der Waals surface area (Å²) in [5.74, 6) is -2.00. The molecule has 8 heteroatoms. The van der Waals surface area contributed by atoms with Gasteiger partial charge in [0.2, 0.25) is 0 Å². The number of carbonyl (C=O) groups is 3. The number of rotatable bonds is 6. The predicted molar refractivity (Wildman–Crippen MR) is 141 cm³/mol. The van der Waals surface area contributed by atoms with Gasteiger partial charge in [0.05, 0.1) is 29.3 Å². The highest BCUT2D eigenvalue weighted by molar-refractivity contribution is 6.51. The van der Waals surface area contributed by atoms with Gasteiger partial charge in [-0.2, -0.15) is 0 Å². The molecular formula is C29H26ClNO6. The number of carbonyl (C=O) groups excluding carboxylic acids is 3. The van der Waals surface area contributed by atoms with Gasteiger partial charge >= 0.3 is 5.97 Å². The second kappa shape index (κ2) is 10.5. The zero-order chi connectivity index (χ0) is 26.9. The van der Waals surface area contributed by atoms with Gasteiger partial charge < -0.3 is 14.6 Å². The van der Waals surface area contributed by atoms with E-state index >= 15 is 0 Å². The molecule has 37 heavy (non-hydrogen) atoms. The first-order valence-corrected chi connectivity index (χ1v) is 12.1. The largest absolute Gasteiger partial charge is 0.507 e. The molecule has 0 spiro atoms. The summed E-state index contributed by atoms with van der Waals surface area (Å²) < 4.78 is 10.6. The zero-order valence-electron chi connectivity index (χ0n) is 20.9. The van der Waals surface area contributed by atoms with Crippen LogP contribution in [0.1, 0.15) is 42.1 Å². The van der Waals surface area contributed by atoms with E-state index in [0.29, 0.717) is 17.0 Å². The van der Waals surface area contributed by atoms with Gasteiger partial charge in [-0.05, 0) is 66.4 Å². The highest BCUT2D eigenvalue weighted by Gasteiger charge is 2.47. The molecule has 1 N–H and O–H groups in total. The van der Waals surface area contributed by atoms with Gasteiger partial charge in [-0.1, -0.05) is 42.8 Å². The monoisotopic (exact) mass is 519 g/mol. The number of methoxy groups -OCH3 is 1. The van der Waals surface area contributed by atoms with Gasteiger partial charge in [0.1, 0.15) is 17.3 Å². The maximum atomic E-state index is 13.4. The lowest BCUT2D eigenvalue weighted by molar-refractivity contribution is -0.132. The SMILES string of the molecule is CCc1ccc(N2C(=O)C(=O)/C(=C(/O)c3cc(C)cc(Cl)c3OC)C2c2ccc(OC(C)=O)cc2)cc1. The van der Waals surface area contributed by atoms with E-state index in [2.05, 4.69) is 0 Å². The minimum Gasteiger partial charge on any atom is -0.507 e. The Morgan fingerprint density at radius 1 is 1.05 bits per heavy atom. The predicted octanol–water partition coefficient (Wildman–Crippen LogP) is 5.77.